The molecule has 2 fully saturated rings. The van der Waals surface area contributed by atoms with E-state index in [1.807, 2.05) is 0 Å². The highest BCUT2D eigenvalue weighted by Crippen LogP contribution is 2.41. The fourth-order valence-corrected chi connectivity index (χ4v) is 4.21. The number of nitriles is 1. The molecule has 10 nitrogen and oxygen atoms in total. The van der Waals surface area contributed by atoms with E-state index in [2.05, 4.69) is 26.1 Å². The van der Waals surface area contributed by atoms with Crippen molar-refractivity contribution in [3.8, 4) is 6.07 Å². The molecule has 0 radical (unpaired) electrons. The Morgan fingerprint density at radius 1 is 0.946 bits per heavy atom. The summed E-state index contributed by atoms with van der Waals surface area (Å²) in [5, 5.41) is 11.9. The third-order valence-corrected chi connectivity index (χ3v) is 6.07. The molecule has 1 N–H and O–H groups in total. The van der Waals surface area contributed by atoms with Gasteiger partial charge in [0.05, 0.1) is 38.0 Å². The van der Waals surface area contributed by atoms with Gasteiger partial charge in [-0.25, -0.2) is 24.2 Å². The number of rotatable bonds is 3. The number of nitrogens with one attached hydrogen (secondary N) is 1. The number of ether oxygens (including phenoxy) is 1. The summed E-state index contributed by atoms with van der Waals surface area (Å²) >= 11 is 0. The SMILES string of the molecule is [C-]#[N+]c1ccc(NC(=O)N=C2N(c3ccc([N+]#[C-])cc3)C(=O)N(c3ccc(C#N)cc3)C23COC3)cc1. The van der Waals surface area contributed by atoms with Crippen LogP contribution in [0.5, 0.6) is 0 Å². The van der Waals surface area contributed by atoms with Gasteiger partial charge in [0.2, 0.25) is 0 Å². The number of carbonyl (C=O) groups excluding carboxylic acids is 2. The van der Waals surface area contributed by atoms with Crippen LogP contribution in [-0.2, 0) is 4.74 Å². The van der Waals surface area contributed by atoms with Crippen LogP contribution in [0.3, 0.4) is 0 Å². The molecule has 3 aromatic rings. The third-order valence-electron chi connectivity index (χ3n) is 6.07. The molecule has 2 heterocycles. The van der Waals surface area contributed by atoms with Crippen molar-refractivity contribution < 1.29 is 14.3 Å². The minimum atomic E-state index is -1.05. The van der Waals surface area contributed by atoms with Gasteiger partial charge in [-0.05, 0) is 48.5 Å². The second-order valence-electron chi connectivity index (χ2n) is 8.29. The standard InChI is InChI=1S/C27H17N7O3/c1-29-19-5-7-21(8-6-19)31-25(35)32-24-27(16-37-17-27)34(23-11-3-18(15-28)4-12-23)26(36)33(24)22-13-9-20(30-2)10-14-22/h3-14H,16-17H2,(H,31,35). The van der Waals surface area contributed by atoms with Crippen molar-refractivity contribution in [1.82, 2.24) is 0 Å². The monoisotopic (exact) mass is 487 g/mol. The smallest absolute Gasteiger partial charge is 0.347 e. The maximum absolute atomic E-state index is 13.9. The number of nitrogens with zero attached hydrogens (tertiary/aromatic N) is 6. The van der Waals surface area contributed by atoms with Gasteiger partial charge < -0.3 is 10.1 Å². The first kappa shape index (κ1) is 23.3. The summed E-state index contributed by atoms with van der Waals surface area (Å²) in [6.07, 6.45) is 0. The molecule has 10 heteroatoms. The molecule has 1 spiro atoms. The van der Waals surface area contributed by atoms with Crippen molar-refractivity contribution in [3.63, 3.8) is 0 Å². The Morgan fingerprint density at radius 2 is 1.51 bits per heavy atom. The van der Waals surface area contributed by atoms with E-state index in [0.29, 0.717) is 34.0 Å². The zero-order valence-electron chi connectivity index (χ0n) is 19.3. The number of anilines is 3. The molecule has 0 unspecified atom stereocenters. The molecule has 3 aromatic carbocycles. The highest BCUT2D eigenvalue weighted by atomic mass is 16.5. The molecule has 0 atom stereocenters. The van der Waals surface area contributed by atoms with Gasteiger partial charge in [-0.1, -0.05) is 24.3 Å². The highest BCUT2D eigenvalue weighted by molar-refractivity contribution is 6.34. The van der Waals surface area contributed by atoms with Crippen LogP contribution in [0.4, 0.5) is 38.0 Å². The van der Waals surface area contributed by atoms with Crippen molar-refractivity contribution in [3.05, 3.63) is 101 Å². The van der Waals surface area contributed by atoms with Crippen molar-refractivity contribution in [2.75, 3.05) is 28.3 Å². The minimum Gasteiger partial charge on any atom is -0.375 e. The van der Waals surface area contributed by atoms with E-state index < -0.39 is 17.6 Å². The van der Waals surface area contributed by atoms with E-state index in [9.17, 15) is 14.9 Å². The van der Waals surface area contributed by atoms with Gasteiger partial charge >= 0.3 is 12.1 Å². The van der Waals surface area contributed by atoms with Crippen LogP contribution in [0.15, 0.2) is 77.8 Å². The molecule has 2 saturated heterocycles. The number of aliphatic imine (C=N–C) groups is 1. The Balaban J connectivity index is 1.58. The van der Waals surface area contributed by atoms with Gasteiger partial charge in [0.1, 0.15) is 0 Å². The van der Waals surface area contributed by atoms with Crippen LogP contribution in [0.2, 0.25) is 0 Å². The van der Waals surface area contributed by atoms with Crippen LogP contribution < -0.4 is 15.1 Å². The number of carbonyl (C=O) groups is 2. The van der Waals surface area contributed by atoms with E-state index in [1.54, 1.807) is 72.8 Å². The molecule has 0 aliphatic carbocycles. The van der Waals surface area contributed by atoms with Crippen molar-refractivity contribution >= 4 is 46.3 Å². The average molecular weight is 487 g/mol. The topological polar surface area (TPSA) is 107 Å². The maximum Gasteiger partial charge on any atom is 0.347 e. The predicted octanol–water partition coefficient (Wildman–Crippen LogP) is 5.51. The molecule has 2 aliphatic rings. The molecular formula is C27H17N7O3. The zero-order chi connectivity index (χ0) is 26.0. The quantitative estimate of drug-likeness (QED) is 0.492. The normalized spacial score (nSPS) is 16.6. The second-order valence-corrected chi connectivity index (χ2v) is 8.29. The van der Waals surface area contributed by atoms with Crippen LogP contribution in [0.25, 0.3) is 9.69 Å². The van der Waals surface area contributed by atoms with Crippen LogP contribution in [0.1, 0.15) is 5.56 Å². The highest BCUT2D eigenvalue weighted by Gasteiger charge is 2.61. The van der Waals surface area contributed by atoms with Gasteiger partial charge in [-0.15, -0.1) is 0 Å². The maximum atomic E-state index is 13.9. The summed E-state index contributed by atoms with van der Waals surface area (Å²) in [5.41, 5.74) is 1.64. The van der Waals surface area contributed by atoms with E-state index >= 15 is 0 Å². The van der Waals surface area contributed by atoms with Crippen molar-refractivity contribution in [2.24, 2.45) is 4.99 Å². The summed E-state index contributed by atoms with van der Waals surface area (Å²) in [7, 11) is 0. The average Bonchev–Trinajstić information content (AvgIpc) is 3.17. The Morgan fingerprint density at radius 3 is 2.03 bits per heavy atom. The van der Waals surface area contributed by atoms with Crippen LogP contribution >= 0.6 is 0 Å². The lowest BCUT2D eigenvalue weighted by Crippen LogP contribution is -2.64. The van der Waals surface area contributed by atoms with Gasteiger partial charge in [0.25, 0.3) is 0 Å². The van der Waals surface area contributed by atoms with Gasteiger partial charge in [0.15, 0.2) is 22.7 Å². The molecule has 5 rings (SSSR count). The first-order valence-electron chi connectivity index (χ1n) is 11.1. The number of amides is 4. The first-order valence-corrected chi connectivity index (χ1v) is 11.1. The summed E-state index contributed by atoms with van der Waals surface area (Å²) in [4.78, 5) is 40.8. The summed E-state index contributed by atoms with van der Waals surface area (Å²) < 4.78 is 5.53. The molecule has 37 heavy (non-hydrogen) atoms. The Labute approximate surface area is 212 Å². The number of benzene rings is 3. The van der Waals surface area contributed by atoms with Gasteiger partial charge in [-0.3, -0.25) is 4.90 Å². The third kappa shape index (κ3) is 4.02. The molecule has 4 amide bonds. The molecule has 178 valence electrons. The zero-order valence-corrected chi connectivity index (χ0v) is 19.3. The molecule has 2 aliphatic heterocycles. The summed E-state index contributed by atoms with van der Waals surface area (Å²) in [6, 6.07) is 20.2. The summed E-state index contributed by atoms with van der Waals surface area (Å²) in [5.74, 6) is 0.180. The van der Waals surface area contributed by atoms with Crippen LogP contribution in [-0.4, -0.2) is 36.7 Å². The van der Waals surface area contributed by atoms with E-state index in [4.69, 9.17) is 17.9 Å². The second kappa shape index (κ2) is 9.27. The molecular weight excluding hydrogens is 470 g/mol. The fraction of sp³-hybridized carbons (Fsp3) is 0.111. The lowest BCUT2D eigenvalue weighted by Gasteiger charge is -2.43. The number of amidine groups is 1. The molecule has 0 bridgehead atoms. The van der Waals surface area contributed by atoms with E-state index in [1.165, 1.54) is 9.80 Å². The van der Waals surface area contributed by atoms with E-state index in [0.717, 1.165) is 0 Å². The van der Waals surface area contributed by atoms with Crippen molar-refractivity contribution in [2.45, 2.75) is 5.54 Å². The Bertz CT molecular complexity index is 1540. The van der Waals surface area contributed by atoms with Crippen LogP contribution in [0, 0.1) is 24.5 Å². The number of urea groups is 2. The first-order chi connectivity index (χ1) is 18.0. The van der Waals surface area contributed by atoms with E-state index in [-0.39, 0.29) is 19.0 Å². The Hall–Kier alpha value is -5.50. The minimum absolute atomic E-state index is 0.112. The van der Waals surface area contributed by atoms with Crippen molar-refractivity contribution in [1.29, 1.82) is 5.26 Å². The number of hydrogen-bond donors (Lipinski definition) is 1. The molecule has 0 saturated carbocycles. The predicted molar refractivity (Wildman–Crippen MR) is 137 cm³/mol. The fourth-order valence-electron chi connectivity index (χ4n) is 4.21. The van der Waals surface area contributed by atoms with Gasteiger partial charge in [0, 0.05) is 17.1 Å². The summed E-state index contributed by atoms with van der Waals surface area (Å²) in [6.45, 7) is 14.5. The lowest BCUT2D eigenvalue weighted by atomic mass is 9.93. The largest absolute Gasteiger partial charge is 0.375 e. The number of hydrogen-bond acceptors (Lipinski definition) is 4. The van der Waals surface area contributed by atoms with Gasteiger partial charge in [-0.2, -0.15) is 10.3 Å². The lowest BCUT2D eigenvalue weighted by molar-refractivity contribution is -0.0152. The Kier molecular flexibility index (Phi) is 5.83. The molecule has 0 aromatic heterocycles.